The zero-order chi connectivity index (χ0) is 15.1. The lowest BCUT2D eigenvalue weighted by Crippen LogP contribution is -2.18. The third-order valence-electron chi connectivity index (χ3n) is 2.80. The lowest BCUT2D eigenvalue weighted by Gasteiger charge is -2.14. The van der Waals surface area contributed by atoms with Crippen molar-refractivity contribution in [2.45, 2.75) is 12.7 Å². The lowest BCUT2D eigenvalue weighted by atomic mass is 10.1. The van der Waals surface area contributed by atoms with Crippen molar-refractivity contribution in [3.05, 3.63) is 70.7 Å². The van der Waals surface area contributed by atoms with Crippen molar-refractivity contribution in [1.82, 2.24) is 0 Å². The minimum Gasteiger partial charge on any atom is -0.458 e. The van der Waals surface area contributed by atoms with E-state index >= 15 is 0 Å². The molecule has 21 heavy (non-hydrogen) atoms. The van der Waals surface area contributed by atoms with E-state index in [9.17, 15) is 9.59 Å². The second kappa shape index (κ2) is 7.45. The van der Waals surface area contributed by atoms with Crippen LogP contribution in [0, 0.1) is 0 Å². The standard InChI is InChI=1S/C16H13ClO4/c17-14-8-6-12(7-9-14)10-20-16(19)15(21-11-18)13-4-2-1-3-5-13/h1-9,11,15H,10H2. The van der Waals surface area contributed by atoms with Gasteiger partial charge in [0.1, 0.15) is 6.61 Å². The molecular weight excluding hydrogens is 292 g/mol. The number of halogens is 1. The Bertz CT molecular complexity index is 595. The summed E-state index contributed by atoms with van der Waals surface area (Å²) in [5, 5.41) is 0.608. The highest BCUT2D eigenvalue weighted by Crippen LogP contribution is 2.19. The number of esters is 1. The SMILES string of the molecule is O=COC(C(=O)OCc1ccc(Cl)cc1)c1ccccc1. The zero-order valence-electron chi connectivity index (χ0n) is 11.1. The van der Waals surface area contributed by atoms with Crippen LogP contribution in [0.4, 0.5) is 0 Å². The van der Waals surface area contributed by atoms with Gasteiger partial charge in [0.15, 0.2) is 0 Å². The molecule has 2 rings (SSSR count). The zero-order valence-corrected chi connectivity index (χ0v) is 11.8. The highest BCUT2D eigenvalue weighted by molar-refractivity contribution is 6.30. The normalized spacial score (nSPS) is 11.5. The Morgan fingerprint density at radius 1 is 1.10 bits per heavy atom. The molecule has 0 aliphatic heterocycles. The van der Waals surface area contributed by atoms with Gasteiger partial charge in [-0.1, -0.05) is 54.1 Å². The van der Waals surface area contributed by atoms with Gasteiger partial charge in [-0.05, 0) is 17.7 Å². The molecule has 0 N–H and O–H groups in total. The van der Waals surface area contributed by atoms with E-state index < -0.39 is 12.1 Å². The quantitative estimate of drug-likeness (QED) is 0.607. The molecule has 1 unspecified atom stereocenters. The molecule has 4 nitrogen and oxygen atoms in total. The van der Waals surface area contributed by atoms with E-state index in [1.54, 1.807) is 54.6 Å². The fourth-order valence-electron chi connectivity index (χ4n) is 1.76. The monoisotopic (exact) mass is 304 g/mol. The highest BCUT2D eigenvalue weighted by atomic mass is 35.5. The van der Waals surface area contributed by atoms with Gasteiger partial charge in [-0.25, -0.2) is 4.79 Å². The van der Waals surface area contributed by atoms with Crippen LogP contribution in [0.1, 0.15) is 17.2 Å². The molecule has 0 fully saturated rings. The van der Waals surface area contributed by atoms with Crippen molar-refractivity contribution in [3.8, 4) is 0 Å². The van der Waals surface area contributed by atoms with Crippen molar-refractivity contribution < 1.29 is 19.1 Å². The predicted molar refractivity (Wildman–Crippen MR) is 77.6 cm³/mol. The summed E-state index contributed by atoms with van der Waals surface area (Å²) in [4.78, 5) is 22.6. The molecule has 108 valence electrons. The van der Waals surface area contributed by atoms with Crippen molar-refractivity contribution in [2.75, 3.05) is 0 Å². The van der Waals surface area contributed by atoms with E-state index in [-0.39, 0.29) is 13.1 Å². The summed E-state index contributed by atoms with van der Waals surface area (Å²) in [6, 6.07) is 15.6. The van der Waals surface area contributed by atoms with Crippen LogP contribution in [0.5, 0.6) is 0 Å². The molecule has 1 atom stereocenters. The molecule has 0 aromatic heterocycles. The number of ether oxygens (including phenoxy) is 2. The summed E-state index contributed by atoms with van der Waals surface area (Å²) in [6.07, 6.45) is -1.06. The highest BCUT2D eigenvalue weighted by Gasteiger charge is 2.23. The van der Waals surface area contributed by atoms with E-state index in [4.69, 9.17) is 21.1 Å². The first-order valence-electron chi connectivity index (χ1n) is 6.26. The van der Waals surface area contributed by atoms with Crippen LogP contribution < -0.4 is 0 Å². The maximum Gasteiger partial charge on any atom is 0.352 e. The van der Waals surface area contributed by atoms with Crippen LogP contribution in [0.25, 0.3) is 0 Å². The number of carbonyl (C=O) groups is 2. The summed E-state index contributed by atoms with van der Waals surface area (Å²) in [7, 11) is 0. The predicted octanol–water partition coefficient (Wildman–Crippen LogP) is 3.30. The molecule has 2 aromatic carbocycles. The summed E-state index contributed by atoms with van der Waals surface area (Å²) in [5.41, 5.74) is 1.36. The van der Waals surface area contributed by atoms with E-state index in [0.717, 1.165) is 5.56 Å². The molecule has 0 aliphatic carbocycles. The number of carbonyl (C=O) groups excluding carboxylic acids is 2. The third kappa shape index (κ3) is 4.33. The van der Waals surface area contributed by atoms with Gasteiger partial charge in [-0.15, -0.1) is 0 Å². The van der Waals surface area contributed by atoms with E-state index in [0.29, 0.717) is 10.6 Å². The minimum absolute atomic E-state index is 0.0849. The fraction of sp³-hybridized carbons (Fsp3) is 0.125. The van der Waals surface area contributed by atoms with Gasteiger partial charge in [0.05, 0.1) is 0 Å². The van der Waals surface area contributed by atoms with Gasteiger partial charge in [0.2, 0.25) is 6.10 Å². The summed E-state index contributed by atoms with van der Waals surface area (Å²) in [5.74, 6) is -0.622. The van der Waals surface area contributed by atoms with Crippen molar-refractivity contribution >= 4 is 24.0 Å². The smallest absolute Gasteiger partial charge is 0.352 e. The number of rotatable bonds is 6. The van der Waals surface area contributed by atoms with Gasteiger partial charge < -0.3 is 9.47 Å². The Morgan fingerprint density at radius 2 is 1.76 bits per heavy atom. The third-order valence-corrected chi connectivity index (χ3v) is 3.05. The fourth-order valence-corrected chi connectivity index (χ4v) is 1.89. The topological polar surface area (TPSA) is 52.6 Å². The molecule has 0 aliphatic rings. The maximum atomic E-state index is 12.0. The van der Waals surface area contributed by atoms with Crippen LogP contribution in [0.3, 0.4) is 0 Å². The molecule has 0 saturated heterocycles. The summed E-state index contributed by atoms with van der Waals surface area (Å²) in [6.45, 7) is 0.322. The maximum absolute atomic E-state index is 12.0. The Kier molecular flexibility index (Phi) is 5.35. The molecule has 0 spiro atoms. The Labute approximate surface area is 127 Å². The van der Waals surface area contributed by atoms with E-state index in [1.165, 1.54) is 0 Å². The first kappa shape index (κ1) is 15.1. The second-order valence-electron chi connectivity index (χ2n) is 4.26. The van der Waals surface area contributed by atoms with E-state index in [1.807, 2.05) is 0 Å². The largest absolute Gasteiger partial charge is 0.458 e. The summed E-state index contributed by atoms with van der Waals surface area (Å²) < 4.78 is 9.99. The van der Waals surface area contributed by atoms with Crippen molar-refractivity contribution in [2.24, 2.45) is 0 Å². The van der Waals surface area contributed by atoms with Crippen LogP contribution in [0.15, 0.2) is 54.6 Å². The van der Waals surface area contributed by atoms with Crippen LogP contribution in [0.2, 0.25) is 5.02 Å². The average Bonchev–Trinajstić information content (AvgIpc) is 2.52. The second-order valence-corrected chi connectivity index (χ2v) is 4.69. The molecule has 0 heterocycles. The summed E-state index contributed by atoms with van der Waals surface area (Å²) >= 11 is 5.78. The number of hydrogen-bond donors (Lipinski definition) is 0. The number of hydrogen-bond acceptors (Lipinski definition) is 4. The molecule has 0 amide bonds. The molecule has 0 bridgehead atoms. The van der Waals surface area contributed by atoms with Crippen molar-refractivity contribution in [3.63, 3.8) is 0 Å². The van der Waals surface area contributed by atoms with E-state index in [2.05, 4.69) is 0 Å². The van der Waals surface area contributed by atoms with Gasteiger partial charge in [-0.3, -0.25) is 4.79 Å². The first-order chi connectivity index (χ1) is 10.2. The lowest BCUT2D eigenvalue weighted by molar-refractivity contribution is -0.163. The Hall–Kier alpha value is -2.33. The Balaban J connectivity index is 2.02. The molecule has 0 radical (unpaired) electrons. The van der Waals surface area contributed by atoms with Gasteiger partial charge in [0, 0.05) is 10.6 Å². The minimum atomic E-state index is -1.06. The van der Waals surface area contributed by atoms with Gasteiger partial charge in [-0.2, -0.15) is 0 Å². The van der Waals surface area contributed by atoms with Crippen LogP contribution in [-0.4, -0.2) is 12.4 Å². The average molecular weight is 305 g/mol. The molecule has 5 heteroatoms. The number of benzene rings is 2. The van der Waals surface area contributed by atoms with Gasteiger partial charge >= 0.3 is 5.97 Å². The van der Waals surface area contributed by atoms with Crippen LogP contribution >= 0.6 is 11.6 Å². The molecular formula is C16H13ClO4. The Morgan fingerprint density at radius 3 is 2.38 bits per heavy atom. The van der Waals surface area contributed by atoms with Crippen molar-refractivity contribution in [1.29, 1.82) is 0 Å². The van der Waals surface area contributed by atoms with Gasteiger partial charge in [0.25, 0.3) is 6.47 Å². The first-order valence-corrected chi connectivity index (χ1v) is 6.63. The molecule has 0 saturated carbocycles. The van der Waals surface area contributed by atoms with Crippen LogP contribution in [-0.2, 0) is 25.7 Å². The molecule has 2 aromatic rings.